The first-order valence-electron chi connectivity index (χ1n) is 6.88. The molecule has 1 aliphatic heterocycles. The number of fused-ring (bicyclic) bond motifs is 1. The van der Waals surface area contributed by atoms with E-state index in [0.717, 1.165) is 24.1 Å². The highest BCUT2D eigenvalue weighted by Gasteiger charge is 2.31. The normalized spacial score (nSPS) is 14.6. The molecular formula is C15H17N3O2S. The maximum Gasteiger partial charge on any atom is 0.283 e. The summed E-state index contributed by atoms with van der Waals surface area (Å²) >= 11 is 0. The predicted octanol–water partition coefficient (Wildman–Crippen LogP) is 2.26. The van der Waals surface area contributed by atoms with Crippen LogP contribution in [0.1, 0.15) is 12.0 Å². The lowest BCUT2D eigenvalue weighted by Gasteiger charge is -2.30. The molecule has 1 aliphatic rings. The zero-order valence-electron chi connectivity index (χ0n) is 11.8. The standard InChI is InChI=1S/C15H17N3O2S/c1-16-13-8-4-10-17-15(13)21(19,20)18-11-5-7-12-6-2-3-9-14(12)18/h2-4,6,8-10,16H,5,7,11H2,1H3. The molecule has 3 rings (SSSR count). The molecule has 0 aliphatic carbocycles. The van der Waals surface area contributed by atoms with Gasteiger partial charge in [0, 0.05) is 19.8 Å². The molecule has 0 saturated carbocycles. The summed E-state index contributed by atoms with van der Waals surface area (Å²) in [5.41, 5.74) is 2.34. The van der Waals surface area contributed by atoms with Gasteiger partial charge in [0.25, 0.3) is 10.0 Å². The zero-order chi connectivity index (χ0) is 14.9. The Kier molecular flexibility index (Phi) is 3.55. The molecule has 0 spiro atoms. The van der Waals surface area contributed by atoms with Crippen LogP contribution in [-0.2, 0) is 16.4 Å². The Labute approximate surface area is 124 Å². The van der Waals surface area contributed by atoms with Crippen molar-refractivity contribution in [3.8, 4) is 0 Å². The molecule has 0 atom stereocenters. The van der Waals surface area contributed by atoms with Crippen molar-refractivity contribution in [3.63, 3.8) is 0 Å². The third kappa shape index (κ3) is 2.35. The predicted molar refractivity (Wildman–Crippen MR) is 83.1 cm³/mol. The molecule has 0 amide bonds. The summed E-state index contributed by atoms with van der Waals surface area (Å²) in [7, 11) is -1.96. The Hall–Kier alpha value is -2.08. The lowest BCUT2D eigenvalue weighted by atomic mass is 10.0. The van der Waals surface area contributed by atoms with Gasteiger partial charge in [-0.3, -0.25) is 4.31 Å². The first-order valence-corrected chi connectivity index (χ1v) is 8.32. The number of hydrogen-bond acceptors (Lipinski definition) is 4. The van der Waals surface area contributed by atoms with E-state index in [1.807, 2.05) is 24.3 Å². The Morgan fingerprint density at radius 1 is 1.19 bits per heavy atom. The van der Waals surface area contributed by atoms with Crippen LogP contribution in [0, 0.1) is 0 Å². The quantitative estimate of drug-likeness (QED) is 0.945. The van der Waals surface area contributed by atoms with Crippen molar-refractivity contribution in [2.24, 2.45) is 0 Å². The van der Waals surface area contributed by atoms with Gasteiger partial charge in [-0.15, -0.1) is 0 Å². The van der Waals surface area contributed by atoms with E-state index >= 15 is 0 Å². The SMILES string of the molecule is CNc1cccnc1S(=O)(=O)N1CCCc2ccccc21. The Balaban J connectivity index is 2.12. The average Bonchev–Trinajstić information content (AvgIpc) is 2.54. The van der Waals surface area contributed by atoms with Crippen molar-refractivity contribution in [2.75, 3.05) is 23.2 Å². The number of anilines is 2. The number of aryl methyl sites for hydroxylation is 1. The minimum atomic E-state index is -3.66. The highest BCUT2D eigenvalue weighted by Crippen LogP contribution is 2.32. The second-order valence-electron chi connectivity index (χ2n) is 4.92. The maximum atomic E-state index is 13.0. The molecule has 1 N–H and O–H groups in total. The van der Waals surface area contributed by atoms with Crippen molar-refractivity contribution in [3.05, 3.63) is 48.2 Å². The number of pyridine rings is 1. The molecule has 6 heteroatoms. The van der Waals surface area contributed by atoms with Crippen LogP contribution in [0.4, 0.5) is 11.4 Å². The van der Waals surface area contributed by atoms with Crippen molar-refractivity contribution in [1.82, 2.24) is 4.98 Å². The van der Waals surface area contributed by atoms with Crippen LogP contribution in [0.3, 0.4) is 0 Å². The van der Waals surface area contributed by atoms with Gasteiger partial charge in [-0.1, -0.05) is 18.2 Å². The van der Waals surface area contributed by atoms with Gasteiger partial charge in [0.15, 0.2) is 5.03 Å². The Morgan fingerprint density at radius 2 is 2.00 bits per heavy atom. The Morgan fingerprint density at radius 3 is 2.81 bits per heavy atom. The highest BCUT2D eigenvalue weighted by molar-refractivity contribution is 7.92. The van der Waals surface area contributed by atoms with E-state index in [2.05, 4.69) is 10.3 Å². The lowest BCUT2D eigenvalue weighted by molar-refractivity contribution is 0.583. The molecule has 1 aromatic carbocycles. The molecule has 1 aromatic heterocycles. The van der Waals surface area contributed by atoms with E-state index in [-0.39, 0.29) is 5.03 Å². The van der Waals surface area contributed by atoms with Gasteiger partial charge in [-0.25, -0.2) is 4.98 Å². The topological polar surface area (TPSA) is 62.3 Å². The third-order valence-corrected chi connectivity index (χ3v) is 5.42. The number of benzene rings is 1. The first-order chi connectivity index (χ1) is 10.1. The van der Waals surface area contributed by atoms with Crippen molar-refractivity contribution in [1.29, 1.82) is 0 Å². The van der Waals surface area contributed by atoms with Crippen LogP contribution in [0.25, 0.3) is 0 Å². The first kappa shape index (κ1) is 13.9. The maximum absolute atomic E-state index is 13.0. The van der Waals surface area contributed by atoms with E-state index in [1.54, 1.807) is 19.2 Å². The fourth-order valence-corrected chi connectivity index (χ4v) is 4.30. The second kappa shape index (κ2) is 5.37. The number of rotatable bonds is 3. The summed E-state index contributed by atoms with van der Waals surface area (Å²) in [6.45, 7) is 0.485. The molecule has 2 aromatic rings. The molecule has 21 heavy (non-hydrogen) atoms. The van der Waals surface area contributed by atoms with Crippen LogP contribution in [0.15, 0.2) is 47.6 Å². The minimum Gasteiger partial charge on any atom is -0.386 e. The summed E-state index contributed by atoms with van der Waals surface area (Å²) < 4.78 is 27.4. The van der Waals surface area contributed by atoms with Crippen LogP contribution < -0.4 is 9.62 Å². The monoisotopic (exact) mass is 303 g/mol. The molecule has 0 unspecified atom stereocenters. The molecule has 5 nitrogen and oxygen atoms in total. The summed E-state index contributed by atoms with van der Waals surface area (Å²) in [6.07, 6.45) is 3.23. The van der Waals surface area contributed by atoms with Crippen LogP contribution in [0.5, 0.6) is 0 Å². The van der Waals surface area contributed by atoms with Gasteiger partial charge in [-0.2, -0.15) is 8.42 Å². The molecule has 0 radical (unpaired) electrons. The van der Waals surface area contributed by atoms with Crippen molar-refractivity contribution >= 4 is 21.4 Å². The smallest absolute Gasteiger partial charge is 0.283 e. The van der Waals surface area contributed by atoms with E-state index in [4.69, 9.17) is 0 Å². The minimum absolute atomic E-state index is 0.0733. The van der Waals surface area contributed by atoms with E-state index in [1.165, 1.54) is 10.5 Å². The van der Waals surface area contributed by atoms with Crippen LogP contribution >= 0.6 is 0 Å². The number of aromatic nitrogens is 1. The summed E-state index contributed by atoms with van der Waals surface area (Å²) in [4.78, 5) is 4.08. The molecule has 110 valence electrons. The van der Waals surface area contributed by atoms with E-state index < -0.39 is 10.0 Å². The fraction of sp³-hybridized carbons (Fsp3) is 0.267. The molecule has 0 bridgehead atoms. The zero-order valence-corrected chi connectivity index (χ0v) is 12.6. The van der Waals surface area contributed by atoms with Gasteiger partial charge < -0.3 is 5.32 Å². The summed E-state index contributed by atoms with van der Waals surface area (Å²) in [5, 5.41) is 2.97. The number of sulfonamides is 1. The summed E-state index contributed by atoms with van der Waals surface area (Å²) in [6, 6.07) is 11.1. The Bertz CT molecular complexity index is 759. The number of nitrogens with zero attached hydrogens (tertiary/aromatic N) is 2. The van der Waals surface area contributed by atoms with Gasteiger partial charge in [-0.05, 0) is 36.6 Å². The summed E-state index contributed by atoms with van der Waals surface area (Å²) in [5.74, 6) is 0. The highest BCUT2D eigenvalue weighted by atomic mass is 32.2. The average molecular weight is 303 g/mol. The number of nitrogens with one attached hydrogen (secondary N) is 1. The van der Waals surface area contributed by atoms with Crippen molar-refractivity contribution < 1.29 is 8.42 Å². The lowest BCUT2D eigenvalue weighted by Crippen LogP contribution is -2.36. The molecule has 0 saturated heterocycles. The molecule has 2 heterocycles. The fourth-order valence-electron chi connectivity index (χ4n) is 2.64. The van der Waals surface area contributed by atoms with E-state index in [0.29, 0.717) is 12.2 Å². The van der Waals surface area contributed by atoms with Gasteiger partial charge in [0.1, 0.15) is 0 Å². The third-order valence-electron chi connectivity index (χ3n) is 3.64. The number of para-hydroxylation sites is 1. The molecule has 0 fully saturated rings. The van der Waals surface area contributed by atoms with Gasteiger partial charge in [0.2, 0.25) is 0 Å². The van der Waals surface area contributed by atoms with Gasteiger partial charge in [0.05, 0.1) is 11.4 Å². The van der Waals surface area contributed by atoms with Gasteiger partial charge >= 0.3 is 0 Å². The van der Waals surface area contributed by atoms with E-state index in [9.17, 15) is 8.42 Å². The van der Waals surface area contributed by atoms with Crippen LogP contribution in [-0.4, -0.2) is 27.0 Å². The number of hydrogen-bond donors (Lipinski definition) is 1. The largest absolute Gasteiger partial charge is 0.386 e. The van der Waals surface area contributed by atoms with Crippen molar-refractivity contribution in [2.45, 2.75) is 17.9 Å². The molecular weight excluding hydrogens is 286 g/mol. The second-order valence-corrected chi connectivity index (χ2v) is 6.69. The van der Waals surface area contributed by atoms with Crippen LogP contribution in [0.2, 0.25) is 0 Å².